The molecule has 1 aromatic heterocycles. The Labute approximate surface area is 120 Å². The van der Waals surface area contributed by atoms with Crippen LogP contribution in [0.25, 0.3) is 0 Å². The van der Waals surface area contributed by atoms with Gasteiger partial charge in [-0.2, -0.15) is 0 Å². The summed E-state index contributed by atoms with van der Waals surface area (Å²) in [6, 6.07) is 2.47. The summed E-state index contributed by atoms with van der Waals surface area (Å²) in [7, 11) is 0. The summed E-state index contributed by atoms with van der Waals surface area (Å²) in [4.78, 5) is 4.05. The van der Waals surface area contributed by atoms with E-state index in [4.69, 9.17) is 16.3 Å². The predicted octanol–water partition coefficient (Wildman–Crippen LogP) is 3.07. The molecule has 2 rings (SSSR count). The highest BCUT2D eigenvalue weighted by Gasteiger charge is 2.24. The maximum Gasteiger partial charge on any atom is 0.0621 e. The zero-order valence-electron chi connectivity index (χ0n) is 11.6. The van der Waals surface area contributed by atoms with E-state index in [0.717, 1.165) is 37.6 Å². The highest BCUT2D eigenvalue weighted by Crippen LogP contribution is 2.23. The van der Waals surface area contributed by atoms with Crippen LogP contribution in [0.1, 0.15) is 31.7 Å². The van der Waals surface area contributed by atoms with E-state index in [-0.39, 0.29) is 0 Å². The van der Waals surface area contributed by atoms with E-state index in [0.29, 0.717) is 12.0 Å². The summed E-state index contributed by atoms with van der Waals surface area (Å²) in [5.41, 5.74) is 1.18. The molecule has 2 atom stereocenters. The van der Waals surface area contributed by atoms with Gasteiger partial charge in [-0.15, -0.1) is 0 Å². The summed E-state index contributed by atoms with van der Waals surface area (Å²) < 4.78 is 5.63. The first-order valence-corrected chi connectivity index (χ1v) is 7.58. The van der Waals surface area contributed by atoms with Crippen molar-refractivity contribution in [2.45, 2.75) is 38.6 Å². The van der Waals surface area contributed by atoms with Gasteiger partial charge in [0.1, 0.15) is 0 Å². The van der Waals surface area contributed by atoms with Crippen molar-refractivity contribution < 1.29 is 4.74 Å². The van der Waals surface area contributed by atoms with Crippen molar-refractivity contribution >= 4 is 11.6 Å². The minimum Gasteiger partial charge on any atom is -0.381 e. The zero-order chi connectivity index (χ0) is 13.5. The molecule has 19 heavy (non-hydrogen) atoms. The van der Waals surface area contributed by atoms with Crippen molar-refractivity contribution in [3.8, 4) is 0 Å². The highest BCUT2D eigenvalue weighted by molar-refractivity contribution is 6.31. The number of nitrogens with zero attached hydrogens (tertiary/aromatic N) is 1. The Morgan fingerprint density at radius 1 is 1.58 bits per heavy atom. The smallest absolute Gasteiger partial charge is 0.0621 e. The molecule has 0 aromatic carbocycles. The molecular weight excluding hydrogens is 260 g/mol. The van der Waals surface area contributed by atoms with Crippen molar-refractivity contribution in [3.63, 3.8) is 0 Å². The van der Waals surface area contributed by atoms with E-state index in [2.05, 4.69) is 17.2 Å². The standard InChI is InChI=1S/C15H23ClN2O/c1-2-6-18-15(13-4-3-8-19-11-13)9-12-5-7-17-10-14(12)16/h5,7,10,13,15,18H,2-4,6,8-9,11H2,1H3. The fourth-order valence-corrected chi connectivity index (χ4v) is 2.82. The third-order valence-electron chi connectivity index (χ3n) is 3.72. The van der Waals surface area contributed by atoms with Gasteiger partial charge in [0.2, 0.25) is 0 Å². The van der Waals surface area contributed by atoms with Gasteiger partial charge in [0.05, 0.1) is 11.6 Å². The topological polar surface area (TPSA) is 34.2 Å². The van der Waals surface area contributed by atoms with Crippen LogP contribution < -0.4 is 5.32 Å². The number of aromatic nitrogens is 1. The minimum atomic E-state index is 0.445. The lowest BCUT2D eigenvalue weighted by Crippen LogP contribution is -2.42. The largest absolute Gasteiger partial charge is 0.381 e. The second-order valence-corrected chi connectivity index (χ2v) is 5.62. The van der Waals surface area contributed by atoms with Crippen LogP contribution in [0.3, 0.4) is 0 Å². The first kappa shape index (κ1) is 14.8. The summed E-state index contributed by atoms with van der Waals surface area (Å²) in [5.74, 6) is 0.588. The molecule has 0 bridgehead atoms. The minimum absolute atomic E-state index is 0.445. The molecule has 0 aliphatic carbocycles. The van der Waals surface area contributed by atoms with Gasteiger partial charge < -0.3 is 10.1 Å². The third kappa shape index (κ3) is 4.44. The van der Waals surface area contributed by atoms with Crippen molar-refractivity contribution in [1.82, 2.24) is 10.3 Å². The van der Waals surface area contributed by atoms with Crippen LogP contribution in [0.4, 0.5) is 0 Å². The second kappa shape index (κ2) is 7.83. The van der Waals surface area contributed by atoms with Crippen LogP contribution in [-0.2, 0) is 11.2 Å². The van der Waals surface area contributed by atoms with Gasteiger partial charge in [0, 0.05) is 25.0 Å². The molecule has 0 saturated carbocycles. The molecule has 1 aliphatic heterocycles. The molecule has 1 aromatic rings. The molecule has 1 fully saturated rings. The van der Waals surface area contributed by atoms with Gasteiger partial charge in [-0.05, 0) is 49.8 Å². The number of hydrogen-bond donors (Lipinski definition) is 1. The van der Waals surface area contributed by atoms with E-state index in [1.807, 2.05) is 12.3 Å². The number of pyridine rings is 1. The predicted molar refractivity (Wildman–Crippen MR) is 78.6 cm³/mol. The molecule has 1 N–H and O–H groups in total. The lowest BCUT2D eigenvalue weighted by atomic mass is 9.89. The van der Waals surface area contributed by atoms with E-state index < -0.39 is 0 Å². The van der Waals surface area contributed by atoms with Gasteiger partial charge in [-0.1, -0.05) is 18.5 Å². The maximum atomic E-state index is 6.22. The lowest BCUT2D eigenvalue weighted by Gasteiger charge is -2.31. The Balaban J connectivity index is 2.02. The Morgan fingerprint density at radius 2 is 2.47 bits per heavy atom. The quantitative estimate of drug-likeness (QED) is 0.871. The Kier molecular flexibility index (Phi) is 6.08. The zero-order valence-corrected chi connectivity index (χ0v) is 12.3. The summed E-state index contributed by atoms with van der Waals surface area (Å²) in [6.07, 6.45) is 8.05. The third-order valence-corrected chi connectivity index (χ3v) is 4.06. The van der Waals surface area contributed by atoms with Crippen LogP contribution >= 0.6 is 11.6 Å². The van der Waals surface area contributed by atoms with Crippen LogP contribution in [0.5, 0.6) is 0 Å². The average Bonchev–Trinajstić information content (AvgIpc) is 2.46. The first-order valence-electron chi connectivity index (χ1n) is 7.20. The van der Waals surface area contributed by atoms with Crippen molar-refractivity contribution in [2.24, 2.45) is 5.92 Å². The molecule has 0 radical (unpaired) electrons. The molecule has 1 saturated heterocycles. The van der Waals surface area contributed by atoms with Gasteiger partial charge in [-0.25, -0.2) is 0 Å². The normalized spacial score (nSPS) is 21.3. The van der Waals surface area contributed by atoms with E-state index in [1.54, 1.807) is 6.20 Å². The summed E-state index contributed by atoms with van der Waals surface area (Å²) in [5, 5.41) is 4.42. The maximum absolute atomic E-state index is 6.22. The van der Waals surface area contributed by atoms with E-state index >= 15 is 0 Å². The highest BCUT2D eigenvalue weighted by atomic mass is 35.5. The van der Waals surface area contributed by atoms with Gasteiger partial charge in [-0.3, -0.25) is 4.98 Å². The number of rotatable bonds is 6. The Bertz CT molecular complexity index is 380. The van der Waals surface area contributed by atoms with Crippen LogP contribution in [0.15, 0.2) is 18.5 Å². The molecule has 106 valence electrons. The van der Waals surface area contributed by atoms with Gasteiger partial charge >= 0.3 is 0 Å². The molecular formula is C15H23ClN2O. The van der Waals surface area contributed by atoms with E-state index in [1.165, 1.54) is 18.4 Å². The lowest BCUT2D eigenvalue weighted by molar-refractivity contribution is 0.0393. The summed E-state index contributed by atoms with van der Waals surface area (Å²) >= 11 is 6.22. The average molecular weight is 283 g/mol. The van der Waals surface area contributed by atoms with Gasteiger partial charge in [0.15, 0.2) is 0 Å². The molecule has 1 aliphatic rings. The SMILES string of the molecule is CCCNC(Cc1ccncc1Cl)C1CCCOC1. The fraction of sp³-hybridized carbons (Fsp3) is 0.667. The second-order valence-electron chi connectivity index (χ2n) is 5.21. The van der Waals surface area contributed by atoms with Crippen molar-refractivity contribution in [1.29, 1.82) is 0 Å². The Hall–Kier alpha value is -0.640. The monoisotopic (exact) mass is 282 g/mol. The van der Waals surface area contributed by atoms with E-state index in [9.17, 15) is 0 Å². The molecule has 0 amide bonds. The van der Waals surface area contributed by atoms with Crippen LogP contribution in [0, 0.1) is 5.92 Å². The molecule has 2 unspecified atom stereocenters. The Morgan fingerprint density at radius 3 is 3.16 bits per heavy atom. The van der Waals surface area contributed by atoms with Crippen LogP contribution in [-0.4, -0.2) is 30.8 Å². The molecule has 2 heterocycles. The fourth-order valence-electron chi connectivity index (χ4n) is 2.62. The van der Waals surface area contributed by atoms with Crippen LogP contribution in [0.2, 0.25) is 5.02 Å². The number of nitrogens with one attached hydrogen (secondary N) is 1. The summed E-state index contributed by atoms with van der Waals surface area (Å²) in [6.45, 7) is 5.02. The number of hydrogen-bond acceptors (Lipinski definition) is 3. The van der Waals surface area contributed by atoms with Crippen molar-refractivity contribution in [3.05, 3.63) is 29.0 Å². The molecule has 4 heteroatoms. The number of ether oxygens (including phenoxy) is 1. The molecule has 3 nitrogen and oxygen atoms in total. The number of halogens is 1. The van der Waals surface area contributed by atoms with Crippen molar-refractivity contribution in [2.75, 3.05) is 19.8 Å². The van der Waals surface area contributed by atoms with Gasteiger partial charge in [0.25, 0.3) is 0 Å². The first-order chi connectivity index (χ1) is 9.31. The molecule has 0 spiro atoms.